The number of amidine groups is 1. The van der Waals surface area contributed by atoms with Gasteiger partial charge in [-0.2, -0.15) is 10.2 Å². The minimum absolute atomic E-state index is 0.139. The maximum Gasteiger partial charge on any atom is 0.255 e. The number of H-pyrrole nitrogens is 1. The summed E-state index contributed by atoms with van der Waals surface area (Å²) >= 11 is 4.96. The molecule has 0 spiro atoms. The number of carbonyl (C=O) groups excluding carboxylic acids is 1. The van der Waals surface area contributed by atoms with Crippen LogP contribution in [0.15, 0.2) is 90.3 Å². The molecule has 0 unspecified atom stereocenters. The summed E-state index contributed by atoms with van der Waals surface area (Å²) in [6.45, 7) is 0. The SMILES string of the molecule is Fc1ccc(-c2n[nH]c(-c3ccccn3)n2)c(F)c1.NN=C(N)c1ccccn1.O=C(Cl)c1ccc(F)cc1F. The van der Waals surface area contributed by atoms with Gasteiger partial charge in [0, 0.05) is 24.5 Å². The Morgan fingerprint density at radius 1 is 0.850 bits per heavy atom. The van der Waals surface area contributed by atoms with E-state index in [2.05, 4.69) is 30.3 Å². The largest absolute Gasteiger partial charge is 0.380 e. The number of carbonyl (C=O) groups is 1. The molecule has 0 bridgehead atoms. The van der Waals surface area contributed by atoms with Crippen molar-refractivity contribution in [3.8, 4) is 22.9 Å². The Labute approximate surface area is 229 Å². The highest BCUT2D eigenvalue weighted by Gasteiger charge is 2.13. The van der Waals surface area contributed by atoms with Crippen LogP contribution >= 0.6 is 11.6 Å². The number of rotatable bonds is 4. The van der Waals surface area contributed by atoms with E-state index in [0.717, 1.165) is 24.3 Å². The minimum atomic E-state index is -0.940. The summed E-state index contributed by atoms with van der Waals surface area (Å²) in [4.78, 5) is 22.5. The van der Waals surface area contributed by atoms with Gasteiger partial charge in [0.05, 0.1) is 11.1 Å². The molecule has 0 saturated carbocycles. The number of benzene rings is 2. The maximum absolute atomic E-state index is 13.6. The highest BCUT2D eigenvalue weighted by Crippen LogP contribution is 2.22. The second-order valence-electron chi connectivity index (χ2n) is 7.47. The number of halogens is 5. The van der Waals surface area contributed by atoms with Gasteiger partial charge in [0.2, 0.25) is 0 Å². The molecule has 40 heavy (non-hydrogen) atoms. The molecule has 204 valence electrons. The summed E-state index contributed by atoms with van der Waals surface area (Å²) in [7, 11) is 0. The van der Waals surface area contributed by atoms with Crippen molar-refractivity contribution in [1.29, 1.82) is 0 Å². The molecule has 5 N–H and O–H groups in total. The van der Waals surface area contributed by atoms with Gasteiger partial charge in [-0.15, -0.1) is 0 Å². The van der Waals surface area contributed by atoms with Crippen molar-refractivity contribution in [2.75, 3.05) is 0 Å². The molecule has 0 fully saturated rings. The van der Waals surface area contributed by atoms with Crippen LogP contribution in [0.3, 0.4) is 0 Å². The number of hydrogen-bond acceptors (Lipinski definition) is 7. The fourth-order valence-electron chi connectivity index (χ4n) is 2.90. The van der Waals surface area contributed by atoms with E-state index in [0.29, 0.717) is 23.3 Å². The zero-order chi connectivity index (χ0) is 29.1. The lowest BCUT2D eigenvalue weighted by Gasteiger charge is -1.97. The molecule has 3 heterocycles. The third-order valence-electron chi connectivity index (χ3n) is 4.77. The Morgan fingerprint density at radius 2 is 1.50 bits per heavy atom. The molecule has 3 aromatic heterocycles. The van der Waals surface area contributed by atoms with E-state index < -0.39 is 28.5 Å². The molecule has 0 saturated heterocycles. The second-order valence-corrected chi connectivity index (χ2v) is 7.82. The highest BCUT2D eigenvalue weighted by atomic mass is 35.5. The van der Waals surface area contributed by atoms with Gasteiger partial charge in [-0.3, -0.25) is 19.9 Å². The highest BCUT2D eigenvalue weighted by molar-refractivity contribution is 6.67. The Morgan fingerprint density at radius 3 is 2.05 bits per heavy atom. The van der Waals surface area contributed by atoms with Crippen molar-refractivity contribution in [2.24, 2.45) is 16.7 Å². The van der Waals surface area contributed by atoms with Gasteiger partial charge in [-0.05, 0) is 60.1 Å². The van der Waals surface area contributed by atoms with Crippen LogP contribution in [0.25, 0.3) is 22.9 Å². The van der Waals surface area contributed by atoms with Gasteiger partial charge in [0.1, 0.15) is 34.7 Å². The number of pyridine rings is 2. The summed E-state index contributed by atoms with van der Waals surface area (Å²) < 4.78 is 51.2. The van der Waals surface area contributed by atoms with Crippen molar-refractivity contribution in [2.45, 2.75) is 0 Å². The van der Waals surface area contributed by atoms with Crippen LogP contribution in [0, 0.1) is 23.3 Å². The lowest BCUT2D eigenvalue weighted by molar-refractivity contribution is 0.107. The summed E-state index contributed by atoms with van der Waals surface area (Å²) in [5, 5.41) is 8.96. The lowest BCUT2D eigenvalue weighted by atomic mass is 10.2. The molecule has 2 aromatic carbocycles. The zero-order valence-electron chi connectivity index (χ0n) is 20.3. The monoisotopic (exact) mass is 570 g/mol. The van der Waals surface area contributed by atoms with E-state index in [-0.39, 0.29) is 22.8 Å². The molecule has 0 aliphatic carbocycles. The number of hydrazone groups is 1. The number of nitrogens with two attached hydrogens (primary N) is 2. The molecule has 0 amide bonds. The fourth-order valence-corrected chi connectivity index (χ4v) is 3.05. The number of hydrogen-bond donors (Lipinski definition) is 3. The van der Waals surface area contributed by atoms with E-state index in [9.17, 15) is 22.4 Å². The predicted molar refractivity (Wildman–Crippen MR) is 141 cm³/mol. The Bertz CT molecular complexity index is 1600. The van der Waals surface area contributed by atoms with Crippen LogP contribution in [0.5, 0.6) is 0 Å². The molecular weight excluding hydrogens is 552 g/mol. The van der Waals surface area contributed by atoms with Gasteiger partial charge in [-0.1, -0.05) is 12.1 Å². The Balaban J connectivity index is 0.000000180. The first-order valence-corrected chi connectivity index (χ1v) is 11.5. The van der Waals surface area contributed by atoms with Gasteiger partial charge in [0.15, 0.2) is 17.5 Å². The smallest absolute Gasteiger partial charge is 0.255 e. The number of aromatic amines is 1. The molecule has 0 aliphatic heterocycles. The van der Waals surface area contributed by atoms with Crippen LogP contribution in [0.2, 0.25) is 0 Å². The van der Waals surface area contributed by atoms with Gasteiger partial charge < -0.3 is 11.6 Å². The van der Waals surface area contributed by atoms with E-state index in [1.165, 1.54) is 6.07 Å². The third kappa shape index (κ3) is 8.16. The average Bonchev–Trinajstić information content (AvgIpc) is 3.44. The molecule has 9 nitrogen and oxygen atoms in total. The number of nitrogens with zero attached hydrogens (tertiary/aromatic N) is 5. The maximum atomic E-state index is 13.6. The molecule has 14 heteroatoms. The number of aromatic nitrogens is 5. The lowest BCUT2D eigenvalue weighted by Crippen LogP contribution is -2.16. The second kappa shape index (κ2) is 14.1. The summed E-state index contributed by atoms with van der Waals surface area (Å²) in [5.41, 5.74) is 6.39. The fraction of sp³-hybridized carbons (Fsp3) is 0. The standard InChI is InChI=1S/C13H8F2N4.C7H3ClF2O.C6H8N4/c14-8-4-5-9(10(15)7-8)12-17-13(19-18-12)11-3-1-2-6-16-11;8-7(11)5-2-1-4(9)3-6(5)10;7-6(10-8)5-3-1-2-4-9-5/h1-7H,(H,17,18,19);1-3H;1-4H,8H2,(H2,7,10). The molecule has 5 rings (SSSR count). The molecular formula is C26H19ClF4N8O. The van der Waals surface area contributed by atoms with Crippen molar-refractivity contribution < 1.29 is 22.4 Å². The third-order valence-corrected chi connectivity index (χ3v) is 4.98. The van der Waals surface area contributed by atoms with Crippen LogP contribution in [-0.4, -0.2) is 36.2 Å². The summed E-state index contributed by atoms with van der Waals surface area (Å²) in [5.74, 6) is 2.76. The van der Waals surface area contributed by atoms with Crippen LogP contribution in [-0.2, 0) is 0 Å². The summed E-state index contributed by atoms with van der Waals surface area (Å²) in [6, 6.07) is 16.5. The van der Waals surface area contributed by atoms with Crippen LogP contribution < -0.4 is 11.6 Å². The molecule has 0 aliphatic rings. The van der Waals surface area contributed by atoms with Crippen LogP contribution in [0.4, 0.5) is 17.6 Å². The van der Waals surface area contributed by atoms with E-state index in [1.807, 2.05) is 12.1 Å². The normalized spacial score (nSPS) is 10.6. The Hall–Kier alpha value is -5.17. The molecule has 0 radical (unpaired) electrons. The predicted octanol–water partition coefficient (Wildman–Crippen LogP) is 4.82. The van der Waals surface area contributed by atoms with E-state index >= 15 is 0 Å². The van der Waals surface area contributed by atoms with Gasteiger partial charge >= 0.3 is 0 Å². The summed E-state index contributed by atoms with van der Waals surface area (Å²) in [6.07, 6.45) is 3.25. The van der Waals surface area contributed by atoms with Crippen molar-refractivity contribution in [1.82, 2.24) is 25.1 Å². The first-order valence-electron chi connectivity index (χ1n) is 11.1. The average molecular weight is 571 g/mol. The quantitative estimate of drug-likeness (QED) is 0.0700. The van der Waals surface area contributed by atoms with Gasteiger partial charge in [0.25, 0.3) is 5.24 Å². The van der Waals surface area contributed by atoms with Crippen molar-refractivity contribution >= 4 is 22.7 Å². The van der Waals surface area contributed by atoms with E-state index in [4.69, 9.17) is 23.2 Å². The van der Waals surface area contributed by atoms with Gasteiger partial charge in [-0.25, -0.2) is 22.5 Å². The Kier molecular flexibility index (Phi) is 10.4. The van der Waals surface area contributed by atoms with Crippen molar-refractivity contribution in [3.63, 3.8) is 0 Å². The van der Waals surface area contributed by atoms with Crippen LogP contribution in [0.1, 0.15) is 16.1 Å². The molecule has 0 atom stereocenters. The van der Waals surface area contributed by atoms with Crippen molar-refractivity contribution in [3.05, 3.63) is 120 Å². The topological polar surface area (TPSA) is 149 Å². The first-order chi connectivity index (χ1) is 19.2. The molecule has 5 aromatic rings. The first kappa shape index (κ1) is 29.4. The zero-order valence-corrected chi connectivity index (χ0v) is 21.0. The number of nitrogens with one attached hydrogen (secondary N) is 1. The minimum Gasteiger partial charge on any atom is -0.380 e. The van der Waals surface area contributed by atoms with E-state index in [1.54, 1.807) is 36.7 Å².